The molecule has 0 aromatic heterocycles. The van der Waals surface area contributed by atoms with Gasteiger partial charge in [0, 0.05) is 23.1 Å². The molecule has 2 heteroatoms. The summed E-state index contributed by atoms with van der Waals surface area (Å²) in [5.74, 6) is 0.393. The summed E-state index contributed by atoms with van der Waals surface area (Å²) >= 11 is 0. The predicted octanol–water partition coefficient (Wildman–Crippen LogP) is 6.64. The monoisotopic (exact) mass is 458 g/mol. The molecule has 0 aliphatic carbocycles. The van der Waals surface area contributed by atoms with Crippen LogP contribution in [0.15, 0.2) is 66.7 Å². The summed E-state index contributed by atoms with van der Waals surface area (Å²) in [5.41, 5.74) is 5.79. The maximum absolute atomic E-state index is 2.83. The van der Waals surface area contributed by atoms with E-state index in [0.29, 0.717) is 17.9 Å². The van der Waals surface area contributed by atoms with E-state index in [2.05, 4.69) is 134 Å². The van der Waals surface area contributed by atoms with Gasteiger partial charge in [-0.25, -0.2) is 0 Å². The third kappa shape index (κ3) is 3.60. The Bertz CT molecular complexity index is 1110. The zero-order valence-corrected chi connectivity index (χ0v) is 22.9. The van der Waals surface area contributed by atoms with Crippen LogP contribution in [-0.2, 0) is 5.41 Å². The summed E-state index contributed by atoms with van der Waals surface area (Å²) in [7, 11) is -2.01. The zero-order chi connectivity index (χ0) is 24.1. The Kier molecular flexibility index (Phi) is 6.36. The summed E-state index contributed by atoms with van der Waals surface area (Å²) in [6.45, 7) is 21.5. The van der Waals surface area contributed by atoms with Crippen LogP contribution < -0.4 is 15.9 Å². The fraction of sp³-hybridized carbons (Fsp3) is 0.419. The molecule has 2 atom stereocenters. The summed E-state index contributed by atoms with van der Waals surface area (Å²) in [6, 6.07) is 26.6. The van der Waals surface area contributed by atoms with Gasteiger partial charge in [0.05, 0.1) is 0 Å². The summed E-state index contributed by atoms with van der Waals surface area (Å²) < 4.78 is 0. The quantitative estimate of drug-likeness (QED) is 0.387. The van der Waals surface area contributed by atoms with E-state index >= 15 is 0 Å². The van der Waals surface area contributed by atoms with Crippen LogP contribution in [-0.4, -0.2) is 22.8 Å². The molecule has 0 N–H and O–H groups in total. The molecule has 3 aromatic rings. The number of aryl methyl sites for hydroxylation is 3. The third-order valence-electron chi connectivity index (χ3n) is 7.62. The summed E-state index contributed by atoms with van der Waals surface area (Å²) in [4.78, 5) is 2.83. The molecule has 3 aromatic carbocycles. The van der Waals surface area contributed by atoms with E-state index in [4.69, 9.17) is 0 Å². The van der Waals surface area contributed by atoms with E-state index in [1.165, 1.54) is 27.6 Å². The van der Waals surface area contributed by atoms with Gasteiger partial charge in [-0.2, -0.15) is 0 Å². The van der Waals surface area contributed by atoms with Crippen LogP contribution in [0.25, 0.3) is 0 Å². The first-order chi connectivity index (χ1) is 15.5. The van der Waals surface area contributed by atoms with E-state index in [-0.39, 0.29) is 5.41 Å². The molecule has 0 bridgehead atoms. The molecule has 0 amide bonds. The molecule has 0 saturated heterocycles. The molecule has 2 unspecified atom stereocenters. The molecular formula is C31H41NP+. The maximum atomic E-state index is 2.83. The molecule has 1 nitrogen and oxygen atoms in total. The topological polar surface area (TPSA) is 3.24 Å². The highest BCUT2D eigenvalue weighted by atomic mass is 31.2. The van der Waals surface area contributed by atoms with Crippen molar-refractivity contribution in [1.29, 1.82) is 0 Å². The minimum absolute atomic E-state index is 0.0263. The summed E-state index contributed by atoms with van der Waals surface area (Å²) in [6.07, 6.45) is 0. The molecule has 1 aliphatic rings. The fourth-order valence-corrected chi connectivity index (χ4v) is 13.4. The van der Waals surface area contributed by atoms with Gasteiger partial charge in [-0.05, 0) is 77.8 Å². The van der Waals surface area contributed by atoms with Gasteiger partial charge in [0.25, 0.3) is 0 Å². The van der Waals surface area contributed by atoms with Crippen LogP contribution >= 0.6 is 7.26 Å². The van der Waals surface area contributed by atoms with E-state index < -0.39 is 7.26 Å². The molecule has 1 heterocycles. The zero-order valence-electron chi connectivity index (χ0n) is 22.0. The lowest BCUT2D eigenvalue weighted by atomic mass is 9.83. The van der Waals surface area contributed by atoms with E-state index in [9.17, 15) is 0 Å². The highest BCUT2D eigenvalue weighted by Gasteiger charge is 2.68. The Morgan fingerprint density at radius 1 is 0.758 bits per heavy atom. The number of hydrogen-bond acceptors (Lipinski definition) is 1. The van der Waals surface area contributed by atoms with Gasteiger partial charge in [-0.1, -0.05) is 67.9 Å². The Balaban J connectivity index is 2.25. The molecule has 0 spiro atoms. The second kappa shape index (κ2) is 8.68. The SMILES string of the molecule is Cc1cc(C)c([P+]2(c3ccccc3)c3ccccc3C(C)(C)C2N(C(C)C)C(C)C)c(C)c1. The van der Waals surface area contributed by atoms with Crippen LogP contribution in [0, 0.1) is 20.8 Å². The molecule has 4 rings (SSSR count). The van der Waals surface area contributed by atoms with Crippen molar-refractivity contribution in [2.24, 2.45) is 0 Å². The van der Waals surface area contributed by atoms with Crippen molar-refractivity contribution < 1.29 is 0 Å². The second-order valence-corrected chi connectivity index (χ2v) is 14.4. The predicted molar refractivity (Wildman–Crippen MR) is 148 cm³/mol. The van der Waals surface area contributed by atoms with Crippen molar-refractivity contribution in [3.05, 3.63) is 89.0 Å². The van der Waals surface area contributed by atoms with Crippen LogP contribution in [0.1, 0.15) is 63.8 Å². The van der Waals surface area contributed by atoms with Crippen LogP contribution in [0.2, 0.25) is 0 Å². The first kappa shape index (κ1) is 24.2. The average molecular weight is 459 g/mol. The average Bonchev–Trinajstić information content (AvgIpc) is 2.93. The minimum Gasteiger partial charge on any atom is -0.262 e. The van der Waals surface area contributed by atoms with Crippen LogP contribution in [0.3, 0.4) is 0 Å². The maximum Gasteiger partial charge on any atom is 0.146 e. The fourth-order valence-electron chi connectivity index (χ4n) is 6.86. The van der Waals surface area contributed by atoms with Crippen molar-refractivity contribution in [2.45, 2.75) is 85.6 Å². The Hall–Kier alpha value is -1.95. The molecule has 0 saturated carbocycles. The lowest BCUT2D eigenvalue weighted by molar-refractivity contribution is 0.119. The van der Waals surface area contributed by atoms with Crippen molar-refractivity contribution in [3.8, 4) is 0 Å². The molecule has 174 valence electrons. The van der Waals surface area contributed by atoms with Crippen molar-refractivity contribution >= 4 is 23.2 Å². The van der Waals surface area contributed by atoms with Crippen molar-refractivity contribution in [1.82, 2.24) is 4.90 Å². The number of hydrogen-bond donors (Lipinski definition) is 0. The summed E-state index contributed by atoms with van der Waals surface area (Å²) in [5, 5.41) is 4.68. The molecule has 0 radical (unpaired) electrons. The van der Waals surface area contributed by atoms with Gasteiger partial charge < -0.3 is 0 Å². The molecule has 0 fully saturated rings. The lowest BCUT2D eigenvalue weighted by Gasteiger charge is -2.46. The number of nitrogens with zero attached hydrogens (tertiary/aromatic N) is 1. The Morgan fingerprint density at radius 2 is 1.27 bits per heavy atom. The van der Waals surface area contributed by atoms with Crippen LogP contribution in [0.4, 0.5) is 0 Å². The first-order valence-corrected chi connectivity index (χ1v) is 14.3. The number of fused-ring (bicyclic) bond motifs is 1. The van der Waals surface area contributed by atoms with Gasteiger partial charge in [0.2, 0.25) is 0 Å². The third-order valence-corrected chi connectivity index (χ3v) is 12.9. The number of benzene rings is 3. The van der Waals surface area contributed by atoms with E-state index in [1.54, 1.807) is 10.6 Å². The highest BCUT2D eigenvalue weighted by Crippen LogP contribution is 2.71. The first-order valence-electron chi connectivity index (χ1n) is 12.4. The molecule has 33 heavy (non-hydrogen) atoms. The second-order valence-electron chi connectivity index (χ2n) is 11.1. The number of rotatable bonds is 5. The standard InChI is InChI=1S/C31H41NP/c1-21(2)32(22(3)4)30-31(8,9)27-17-13-14-18-28(27)33(30,26-15-11-10-12-16-26)29-24(6)19-23(5)20-25(29)7/h10-22,30H,1-9H3/q+1. The molecular weight excluding hydrogens is 417 g/mol. The van der Waals surface area contributed by atoms with Gasteiger partial charge in [-0.15, -0.1) is 0 Å². The molecule has 1 aliphatic heterocycles. The van der Waals surface area contributed by atoms with Crippen molar-refractivity contribution in [2.75, 3.05) is 0 Å². The largest absolute Gasteiger partial charge is 0.262 e. The Morgan fingerprint density at radius 3 is 1.82 bits per heavy atom. The van der Waals surface area contributed by atoms with E-state index in [1.807, 2.05) is 0 Å². The van der Waals surface area contributed by atoms with Gasteiger partial charge >= 0.3 is 0 Å². The smallest absolute Gasteiger partial charge is 0.146 e. The van der Waals surface area contributed by atoms with Gasteiger partial charge in [-0.3, -0.25) is 4.90 Å². The van der Waals surface area contributed by atoms with Gasteiger partial charge in [0.15, 0.2) is 0 Å². The van der Waals surface area contributed by atoms with Crippen molar-refractivity contribution in [3.63, 3.8) is 0 Å². The normalized spacial score (nSPS) is 21.8. The van der Waals surface area contributed by atoms with E-state index in [0.717, 1.165) is 0 Å². The Labute approximate surface area is 202 Å². The lowest BCUT2D eigenvalue weighted by Crippen LogP contribution is -2.55. The minimum atomic E-state index is -2.01. The van der Waals surface area contributed by atoms with Crippen LogP contribution in [0.5, 0.6) is 0 Å². The van der Waals surface area contributed by atoms with Gasteiger partial charge in [0.1, 0.15) is 29.0 Å². The highest BCUT2D eigenvalue weighted by molar-refractivity contribution is 7.96.